The minimum atomic E-state index is 0.977. The van der Waals surface area contributed by atoms with E-state index in [0.29, 0.717) is 0 Å². The number of hydrogen-bond acceptors (Lipinski definition) is 2. The molecule has 0 amide bonds. The predicted octanol–water partition coefficient (Wildman–Crippen LogP) is 3.37. The molecule has 1 saturated carbocycles. The van der Waals surface area contributed by atoms with Crippen LogP contribution in [0.15, 0.2) is 0 Å². The van der Waals surface area contributed by atoms with E-state index in [1.54, 1.807) is 0 Å². The summed E-state index contributed by atoms with van der Waals surface area (Å²) < 4.78 is 0. The van der Waals surface area contributed by atoms with Crippen LogP contribution < -0.4 is 0 Å². The molecule has 1 heterocycles. The topological polar surface area (TPSA) is 41.6 Å². The zero-order chi connectivity index (χ0) is 12.5. The van der Waals surface area contributed by atoms with E-state index in [0.717, 1.165) is 36.5 Å². The number of nitrogens with one attached hydrogen (secondary N) is 1. The van der Waals surface area contributed by atoms with E-state index in [-0.39, 0.29) is 0 Å². The first kappa shape index (κ1) is 12.2. The summed E-state index contributed by atoms with van der Waals surface area (Å²) in [7, 11) is 0. The second-order valence-corrected chi connectivity index (χ2v) is 6.16. The van der Waals surface area contributed by atoms with Crippen molar-refractivity contribution < 1.29 is 0 Å². The van der Waals surface area contributed by atoms with Crippen molar-refractivity contribution in [2.24, 2.45) is 23.7 Å². The highest BCUT2D eigenvalue weighted by Gasteiger charge is 2.52. The lowest BCUT2D eigenvalue weighted by atomic mass is 9.92. The molecule has 0 radical (unpaired) electrons. The molecule has 3 rings (SSSR count). The first-order valence-corrected chi connectivity index (χ1v) is 7.73. The largest absolute Gasteiger partial charge is 0.197 e. The molecule has 100 valence electrons. The number of fused-ring (bicyclic) bond motifs is 2. The molecular weight excluding hydrogens is 222 g/mol. The second-order valence-electron chi connectivity index (χ2n) is 6.16. The molecule has 3 heteroatoms. The number of aryl methyl sites for hydroxylation is 2. The molecule has 1 aromatic heterocycles. The smallest absolute Gasteiger partial charge is 0.0856 e. The Labute approximate surface area is 110 Å². The highest BCUT2D eigenvalue weighted by molar-refractivity contribution is 5.14. The van der Waals surface area contributed by atoms with Gasteiger partial charge in [-0.15, -0.1) is 0 Å². The van der Waals surface area contributed by atoms with Crippen molar-refractivity contribution in [2.75, 3.05) is 0 Å². The molecule has 1 N–H and O–H groups in total. The monoisotopic (exact) mass is 247 g/mol. The molecule has 0 bridgehead atoms. The van der Waals surface area contributed by atoms with Crippen molar-refractivity contribution in [1.82, 2.24) is 15.4 Å². The number of rotatable bonds is 4. The number of hydrogen-bond donors (Lipinski definition) is 1. The van der Waals surface area contributed by atoms with Gasteiger partial charge in [0, 0.05) is 0 Å². The molecule has 3 atom stereocenters. The SMILES string of the molecule is CCCC(CC)C1C2CCc3n[nH]nc3CCC21. The minimum Gasteiger partial charge on any atom is -0.197 e. The van der Waals surface area contributed by atoms with Crippen molar-refractivity contribution in [3.63, 3.8) is 0 Å². The minimum absolute atomic E-state index is 0.977. The van der Waals surface area contributed by atoms with Gasteiger partial charge in [0.15, 0.2) is 0 Å². The van der Waals surface area contributed by atoms with E-state index in [9.17, 15) is 0 Å². The van der Waals surface area contributed by atoms with Crippen LogP contribution in [0.3, 0.4) is 0 Å². The maximum absolute atomic E-state index is 4.30. The summed E-state index contributed by atoms with van der Waals surface area (Å²) in [4.78, 5) is 0. The lowest BCUT2D eigenvalue weighted by molar-refractivity contribution is 0.372. The Hall–Kier alpha value is -0.860. The zero-order valence-corrected chi connectivity index (χ0v) is 11.7. The first-order valence-electron chi connectivity index (χ1n) is 7.73. The van der Waals surface area contributed by atoms with Gasteiger partial charge in [-0.25, -0.2) is 0 Å². The highest BCUT2D eigenvalue weighted by atomic mass is 15.3. The van der Waals surface area contributed by atoms with Crippen LogP contribution >= 0.6 is 0 Å². The van der Waals surface area contributed by atoms with Gasteiger partial charge < -0.3 is 0 Å². The fraction of sp³-hybridized carbons (Fsp3) is 0.867. The van der Waals surface area contributed by atoms with Gasteiger partial charge in [-0.1, -0.05) is 33.1 Å². The summed E-state index contributed by atoms with van der Waals surface area (Å²) in [6, 6.07) is 0. The molecule has 0 saturated heterocycles. The number of aromatic amines is 1. The van der Waals surface area contributed by atoms with Gasteiger partial charge in [0.1, 0.15) is 0 Å². The fourth-order valence-electron chi connectivity index (χ4n) is 4.31. The summed E-state index contributed by atoms with van der Waals surface area (Å²) >= 11 is 0. The van der Waals surface area contributed by atoms with Crippen LogP contribution in [0.4, 0.5) is 0 Å². The van der Waals surface area contributed by atoms with Crippen molar-refractivity contribution in [2.45, 2.75) is 58.8 Å². The Kier molecular flexibility index (Phi) is 3.40. The third kappa shape index (κ3) is 2.08. The van der Waals surface area contributed by atoms with Gasteiger partial charge in [-0.2, -0.15) is 15.4 Å². The second kappa shape index (κ2) is 5.02. The lowest BCUT2D eigenvalue weighted by Gasteiger charge is -2.13. The summed E-state index contributed by atoms with van der Waals surface area (Å²) in [6.07, 6.45) is 9.12. The Balaban J connectivity index is 1.66. The van der Waals surface area contributed by atoms with E-state index in [1.807, 2.05) is 0 Å². The van der Waals surface area contributed by atoms with Gasteiger partial charge >= 0.3 is 0 Å². The molecule has 3 unspecified atom stereocenters. The van der Waals surface area contributed by atoms with E-state index in [2.05, 4.69) is 29.3 Å². The highest BCUT2D eigenvalue weighted by Crippen LogP contribution is 2.58. The van der Waals surface area contributed by atoms with E-state index >= 15 is 0 Å². The normalized spacial score (nSPS) is 32.0. The number of aromatic nitrogens is 3. The molecule has 1 fully saturated rings. The van der Waals surface area contributed by atoms with Crippen LogP contribution in [0.5, 0.6) is 0 Å². The van der Waals surface area contributed by atoms with Crippen LogP contribution in [-0.2, 0) is 12.8 Å². The standard InChI is InChI=1S/C15H25N3/c1-3-5-10(4-2)15-11-6-8-13-14(17-18-16-13)9-7-12(11)15/h10-12,15H,3-9H2,1-2H3,(H,16,17,18). The van der Waals surface area contributed by atoms with Crippen molar-refractivity contribution >= 4 is 0 Å². The van der Waals surface area contributed by atoms with Crippen LogP contribution in [-0.4, -0.2) is 15.4 Å². The van der Waals surface area contributed by atoms with Crippen molar-refractivity contribution in [1.29, 1.82) is 0 Å². The average molecular weight is 247 g/mol. The fourth-order valence-corrected chi connectivity index (χ4v) is 4.31. The molecular formula is C15H25N3. The number of nitrogens with zero attached hydrogens (tertiary/aromatic N) is 2. The van der Waals surface area contributed by atoms with Gasteiger partial charge in [0.25, 0.3) is 0 Å². The maximum atomic E-state index is 4.30. The average Bonchev–Trinajstić information content (AvgIpc) is 2.84. The van der Waals surface area contributed by atoms with Gasteiger partial charge in [-0.05, 0) is 49.4 Å². The van der Waals surface area contributed by atoms with Crippen molar-refractivity contribution in [3.05, 3.63) is 11.4 Å². The Bertz CT molecular complexity index is 370. The molecule has 18 heavy (non-hydrogen) atoms. The van der Waals surface area contributed by atoms with Crippen LogP contribution in [0.1, 0.15) is 57.3 Å². The molecule has 2 aliphatic carbocycles. The molecule has 1 aromatic rings. The Morgan fingerprint density at radius 2 is 1.72 bits per heavy atom. The van der Waals surface area contributed by atoms with Crippen molar-refractivity contribution in [3.8, 4) is 0 Å². The quantitative estimate of drug-likeness (QED) is 0.886. The Morgan fingerprint density at radius 3 is 2.22 bits per heavy atom. The van der Waals surface area contributed by atoms with Crippen LogP contribution in [0.25, 0.3) is 0 Å². The van der Waals surface area contributed by atoms with E-state index in [4.69, 9.17) is 0 Å². The first-order chi connectivity index (χ1) is 8.85. The van der Waals surface area contributed by atoms with E-state index in [1.165, 1.54) is 43.5 Å². The predicted molar refractivity (Wildman–Crippen MR) is 72.2 cm³/mol. The molecule has 3 nitrogen and oxygen atoms in total. The molecule has 0 spiro atoms. The maximum Gasteiger partial charge on any atom is 0.0856 e. The number of H-pyrrole nitrogens is 1. The molecule has 2 aliphatic rings. The van der Waals surface area contributed by atoms with E-state index < -0.39 is 0 Å². The third-order valence-corrected chi connectivity index (χ3v) is 5.26. The van der Waals surface area contributed by atoms with Gasteiger partial charge in [0.2, 0.25) is 0 Å². The summed E-state index contributed by atoms with van der Waals surface area (Å²) in [5, 5.41) is 11.4. The summed E-state index contributed by atoms with van der Waals surface area (Å²) in [5.41, 5.74) is 2.48. The van der Waals surface area contributed by atoms with Gasteiger partial charge in [-0.3, -0.25) is 0 Å². The third-order valence-electron chi connectivity index (χ3n) is 5.26. The summed E-state index contributed by atoms with van der Waals surface area (Å²) in [6.45, 7) is 4.70. The molecule has 0 aromatic carbocycles. The van der Waals surface area contributed by atoms with Crippen LogP contribution in [0, 0.1) is 23.7 Å². The zero-order valence-electron chi connectivity index (χ0n) is 11.7. The van der Waals surface area contributed by atoms with Crippen LogP contribution in [0.2, 0.25) is 0 Å². The van der Waals surface area contributed by atoms with Gasteiger partial charge in [0.05, 0.1) is 11.4 Å². The Morgan fingerprint density at radius 1 is 1.11 bits per heavy atom. The lowest BCUT2D eigenvalue weighted by Crippen LogP contribution is -2.04. The molecule has 0 aliphatic heterocycles. The summed E-state index contributed by atoms with van der Waals surface area (Å²) in [5.74, 6) is 3.98.